The Bertz CT molecular complexity index is 945. The van der Waals surface area contributed by atoms with Gasteiger partial charge in [-0.1, -0.05) is 36.4 Å². The van der Waals surface area contributed by atoms with Crippen LogP contribution < -0.4 is 4.90 Å². The highest BCUT2D eigenvalue weighted by molar-refractivity contribution is 7.91. The van der Waals surface area contributed by atoms with Gasteiger partial charge in [0.15, 0.2) is 9.84 Å². The third-order valence-corrected chi connectivity index (χ3v) is 7.62. The molecule has 0 bridgehead atoms. The molecule has 8 heteroatoms. The first-order valence-corrected chi connectivity index (χ1v) is 12.2. The minimum atomic E-state index is -3.06. The summed E-state index contributed by atoms with van der Waals surface area (Å²) in [7, 11) is -3.06. The Labute approximate surface area is 178 Å². The number of anilines is 1. The molecule has 1 aromatic carbocycles. The molecule has 160 valence electrons. The summed E-state index contributed by atoms with van der Waals surface area (Å²) in [6.07, 6.45) is 2.32. The van der Waals surface area contributed by atoms with Gasteiger partial charge in [-0.05, 0) is 24.1 Å². The molecule has 2 aliphatic heterocycles. The van der Waals surface area contributed by atoms with E-state index in [1.165, 1.54) is 0 Å². The van der Waals surface area contributed by atoms with Crippen molar-refractivity contribution in [1.29, 1.82) is 0 Å². The Kier molecular flexibility index (Phi) is 6.34. The lowest BCUT2D eigenvalue weighted by atomic mass is 10.1. The van der Waals surface area contributed by atoms with E-state index in [1.54, 1.807) is 11.1 Å². The van der Waals surface area contributed by atoms with Crippen molar-refractivity contribution < 1.29 is 13.2 Å². The van der Waals surface area contributed by atoms with Gasteiger partial charge < -0.3 is 9.80 Å². The lowest BCUT2D eigenvalue weighted by Gasteiger charge is -2.37. The van der Waals surface area contributed by atoms with Gasteiger partial charge in [0.05, 0.1) is 18.1 Å². The summed E-state index contributed by atoms with van der Waals surface area (Å²) < 4.78 is 24.0. The number of rotatable bonds is 6. The molecule has 1 aromatic heterocycles. The van der Waals surface area contributed by atoms with Crippen molar-refractivity contribution in [2.45, 2.75) is 19.0 Å². The van der Waals surface area contributed by atoms with E-state index >= 15 is 0 Å². The van der Waals surface area contributed by atoms with E-state index in [0.717, 1.165) is 37.6 Å². The molecule has 1 amide bonds. The van der Waals surface area contributed by atoms with E-state index in [4.69, 9.17) is 0 Å². The zero-order chi connectivity index (χ0) is 21.0. The van der Waals surface area contributed by atoms with E-state index in [9.17, 15) is 13.2 Å². The number of carbonyl (C=O) groups excluding carboxylic acids is 1. The Hall–Kier alpha value is -2.45. The molecule has 4 rings (SSSR count). The first kappa shape index (κ1) is 20.8. The fourth-order valence-electron chi connectivity index (χ4n) is 4.18. The fourth-order valence-corrected chi connectivity index (χ4v) is 5.91. The SMILES string of the molecule is O=C(CN1CCN(c2ccccn2)CC1)N(Cc1ccccc1)[C@@H]1CCS(=O)(=O)C1. The predicted octanol–water partition coefficient (Wildman–Crippen LogP) is 1.42. The molecular weight excluding hydrogens is 400 g/mol. The summed E-state index contributed by atoms with van der Waals surface area (Å²) in [5, 5.41) is 0. The standard InChI is InChI=1S/C22H28N4O3S/c27-22(17-24-11-13-25(14-12-24)21-8-4-5-10-23-21)26(16-19-6-2-1-3-7-19)20-9-15-30(28,29)18-20/h1-8,10,20H,9,11-18H2/t20-/m1/s1. The average molecular weight is 429 g/mol. The van der Waals surface area contributed by atoms with Crippen LogP contribution in [0.1, 0.15) is 12.0 Å². The maximum atomic E-state index is 13.2. The second-order valence-corrected chi connectivity index (χ2v) is 10.2. The minimum absolute atomic E-state index is 0.00670. The summed E-state index contributed by atoms with van der Waals surface area (Å²) in [4.78, 5) is 23.8. The highest BCUT2D eigenvalue weighted by atomic mass is 32.2. The molecule has 0 N–H and O–H groups in total. The van der Waals surface area contributed by atoms with Gasteiger partial charge >= 0.3 is 0 Å². The smallest absolute Gasteiger partial charge is 0.237 e. The zero-order valence-corrected chi connectivity index (χ0v) is 17.9. The summed E-state index contributed by atoms with van der Waals surface area (Å²) in [6, 6.07) is 15.4. The van der Waals surface area contributed by atoms with Crippen molar-refractivity contribution in [1.82, 2.24) is 14.8 Å². The second kappa shape index (κ2) is 9.14. The number of aromatic nitrogens is 1. The van der Waals surface area contributed by atoms with Gasteiger partial charge in [-0.15, -0.1) is 0 Å². The minimum Gasteiger partial charge on any atom is -0.354 e. The maximum absolute atomic E-state index is 13.2. The van der Waals surface area contributed by atoms with Crippen LogP contribution in [0.4, 0.5) is 5.82 Å². The molecule has 0 radical (unpaired) electrons. The van der Waals surface area contributed by atoms with Crippen molar-refractivity contribution in [2.24, 2.45) is 0 Å². The molecule has 0 spiro atoms. The number of piperazine rings is 1. The third-order valence-electron chi connectivity index (χ3n) is 5.87. The van der Waals surface area contributed by atoms with E-state index in [1.807, 2.05) is 48.5 Å². The van der Waals surface area contributed by atoms with Crippen LogP contribution in [0.25, 0.3) is 0 Å². The van der Waals surface area contributed by atoms with Crippen LogP contribution in [0.15, 0.2) is 54.7 Å². The summed E-state index contributed by atoms with van der Waals surface area (Å²) >= 11 is 0. The van der Waals surface area contributed by atoms with Gasteiger partial charge in [0.25, 0.3) is 0 Å². The highest BCUT2D eigenvalue weighted by Gasteiger charge is 2.35. The van der Waals surface area contributed by atoms with Crippen LogP contribution in [-0.2, 0) is 21.2 Å². The first-order valence-electron chi connectivity index (χ1n) is 10.4. The molecule has 0 aliphatic carbocycles. The number of amides is 1. The van der Waals surface area contributed by atoms with Crippen LogP contribution in [-0.4, -0.2) is 79.4 Å². The topological polar surface area (TPSA) is 73.8 Å². The van der Waals surface area contributed by atoms with Gasteiger partial charge in [-0.25, -0.2) is 13.4 Å². The van der Waals surface area contributed by atoms with Crippen molar-refractivity contribution in [3.05, 3.63) is 60.3 Å². The van der Waals surface area contributed by atoms with Crippen LogP contribution in [0.5, 0.6) is 0 Å². The Morgan fingerprint density at radius 1 is 1.03 bits per heavy atom. The molecule has 0 saturated carbocycles. The summed E-state index contributed by atoms with van der Waals surface area (Å²) in [5.74, 6) is 1.20. The molecular formula is C22H28N4O3S. The monoisotopic (exact) mass is 428 g/mol. The number of hydrogen-bond donors (Lipinski definition) is 0. The zero-order valence-electron chi connectivity index (χ0n) is 17.1. The normalized spacial score (nSPS) is 21.5. The van der Waals surface area contributed by atoms with Crippen LogP contribution in [0.2, 0.25) is 0 Å². The van der Waals surface area contributed by atoms with E-state index in [-0.39, 0.29) is 23.5 Å². The maximum Gasteiger partial charge on any atom is 0.237 e. The molecule has 0 unspecified atom stereocenters. The highest BCUT2D eigenvalue weighted by Crippen LogP contribution is 2.21. The predicted molar refractivity (Wildman–Crippen MR) is 117 cm³/mol. The number of nitrogens with zero attached hydrogens (tertiary/aromatic N) is 4. The van der Waals surface area contributed by atoms with Gasteiger partial charge in [0.2, 0.25) is 5.91 Å². The Balaban J connectivity index is 1.39. The Morgan fingerprint density at radius 3 is 2.40 bits per heavy atom. The summed E-state index contributed by atoms with van der Waals surface area (Å²) in [5.41, 5.74) is 1.02. The van der Waals surface area contributed by atoms with Crippen LogP contribution >= 0.6 is 0 Å². The van der Waals surface area contributed by atoms with Crippen LogP contribution in [0.3, 0.4) is 0 Å². The first-order chi connectivity index (χ1) is 14.5. The molecule has 1 atom stereocenters. The van der Waals surface area contributed by atoms with Gasteiger partial charge in [0.1, 0.15) is 5.82 Å². The fraction of sp³-hybridized carbons (Fsp3) is 0.455. The number of sulfone groups is 1. The molecule has 3 heterocycles. The number of carbonyl (C=O) groups is 1. The van der Waals surface area contributed by atoms with Gasteiger partial charge in [-0.2, -0.15) is 0 Å². The van der Waals surface area contributed by atoms with E-state index < -0.39 is 9.84 Å². The largest absolute Gasteiger partial charge is 0.354 e. The second-order valence-electron chi connectivity index (χ2n) is 8.02. The molecule has 7 nitrogen and oxygen atoms in total. The molecule has 2 saturated heterocycles. The molecule has 2 aromatic rings. The summed E-state index contributed by atoms with van der Waals surface area (Å²) in [6.45, 7) is 3.98. The van der Waals surface area contributed by atoms with E-state index in [0.29, 0.717) is 19.5 Å². The lowest BCUT2D eigenvalue weighted by Crippen LogP contribution is -2.51. The lowest BCUT2D eigenvalue weighted by molar-refractivity contribution is -0.135. The number of pyridine rings is 1. The quantitative estimate of drug-likeness (QED) is 0.693. The van der Waals surface area contributed by atoms with Crippen molar-refractivity contribution in [2.75, 3.05) is 49.1 Å². The van der Waals surface area contributed by atoms with Crippen LogP contribution in [0, 0.1) is 0 Å². The molecule has 2 fully saturated rings. The number of hydrogen-bond acceptors (Lipinski definition) is 6. The van der Waals surface area contributed by atoms with Crippen molar-refractivity contribution in [3.63, 3.8) is 0 Å². The van der Waals surface area contributed by atoms with Gasteiger partial charge in [0, 0.05) is 45.0 Å². The number of benzene rings is 1. The molecule has 2 aliphatic rings. The van der Waals surface area contributed by atoms with E-state index in [2.05, 4.69) is 14.8 Å². The Morgan fingerprint density at radius 2 is 1.77 bits per heavy atom. The third kappa shape index (κ3) is 5.17. The van der Waals surface area contributed by atoms with Gasteiger partial charge in [-0.3, -0.25) is 9.69 Å². The molecule has 30 heavy (non-hydrogen) atoms. The van der Waals surface area contributed by atoms with Crippen molar-refractivity contribution in [3.8, 4) is 0 Å². The average Bonchev–Trinajstić information content (AvgIpc) is 3.13. The van der Waals surface area contributed by atoms with Crippen molar-refractivity contribution >= 4 is 21.6 Å².